The van der Waals surface area contributed by atoms with E-state index in [4.69, 9.17) is 9.47 Å². The molecule has 3 atom stereocenters. The van der Waals surface area contributed by atoms with Crippen LogP contribution in [0.3, 0.4) is 0 Å². The summed E-state index contributed by atoms with van der Waals surface area (Å²) in [6.07, 6.45) is 3.72. The van der Waals surface area contributed by atoms with Crippen LogP contribution in [0.15, 0.2) is 59.8 Å². The summed E-state index contributed by atoms with van der Waals surface area (Å²) in [5.74, 6) is 0.147. The Morgan fingerprint density at radius 1 is 1.27 bits per heavy atom. The Kier molecular flexibility index (Phi) is 9.04. The first-order valence-corrected chi connectivity index (χ1v) is 13.1. The molecule has 3 N–H and O–H groups in total. The molecule has 1 aromatic carbocycles. The maximum Gasteiger partial charge on any atom is 0.287 e. The fraction of sp³-hybridized carbons (Fsp3) is 0.385. The summed E-state index contributed by atoms with van der Waals surface area (Å²) in [4.78, 5) is 27.3. The van der Waals surface area contributed by atoms with Gasteiger partial charge in [0.15, 0.2) is 5.76 Å². The number of amides is 1. The summed E-state index contributed by atoms with van der Waals surface area (Å²) >= 11 is 1.66. The number of ether oxygens (including phenoxy) is 2. The third-order valence-electron chi connectivity index (χ3n) is 6.18. The number of fused-ring (bicyclic) bond motifs is 1. The van der Waals surface area contributed by atoms with E-state index in [2.05, 4.69) is 33.1 Å². The van der Waals surface area contributed by atoms with Crippen molar-refractivity contribution in [1.82, 2.24) is 10.3 Å². The first-order valence-electron chi connectivity index (χ1n) is 12.2. The van der Waals surface area contributed by atoms with Crippen molar-refractivity contribution in [2.45, 2.75) is 32.0 Å². The minimum Gasteiger partial charge on any atom is -0.459 e. The third kappa shape index (κ3) is 6.43. The molecule has 196 valence electrons. The maximum atomic E-state index is 13.1. The number of aromatic nitrogens is 1. The molecule has 37 heavy (non-hydrogen) atoms. The molecule has 4 rings (SSSR count). The molecular weight excluding hydrogens is 496 g/mol. The highest BCUT2D eigenvalue weighted by Gasteiger charge is 2.38. The van der Waals surface area contributed by atoms with Crippen LogP contribution < -0.4 is 10.6 Å². The van der Waals surface area contributed by atoms with Gasteiger partial charge in [-0.25, -0.2) is 4.98 Å². The molecule has 0 unspecified atom stereocenters. The molecule has 1 aliphatic rings. The molecular formula is C26H30N4O6S. The summed E-state index contributed by atoms with van der Waals surface area (Å²) in [6.45, 7) is 3.05. The number of hydrogen-bond donors (Lipinski definition) is 3. The van der Waals surface area contributed by atoms with Crippen molar-refractivity contribution in [3.8, 4) is 0 Å². The lowest BCUT2D eigenvalue weighted by Crippen LogP contribution is -2.39. The number of nitrogens with one attached hydrogen (secondary N) is 2. The van der Waals surface area contributed by atoms with Gasteiger partial charge in [-0.3, -0.25) is 14.9 Å². The van der Waals surface area contributed by atoms with E-state index in [9.17, 15) is 20.0 Å². The first-order chi connectivity index (χ1) is 18.0. The molecule has 0 aliphatic carbocycles. The number of carbonyl (C=O) groups is 1. The summed E-state index contributed by atoms with van der Waals surface area (Å²) in [5.41, 5.74) is 1.03. The summed E-state index contributed by atoms with van der Waals surface area (Å²) in [7, 11) is 0. The van der Waals surface area contributed by atoms with Gasteiger partial charge in [0.1, 0.15) is 12.0 Å². The quantitative estimate of drug-likeness (QED) is 0.182. The molecule has 0 saturated carbocycles. The molecule has 3 aromatic rings. The number of carbonyl (C=O) groups excluding carboxylic acids is 1. The van der Waals surface area contributed by atoms with Gasteiger partial charge in [-0.2, -0.15) is 0 Å². The SMILES string of the molecule is CCO[C@H]1OC(C(=O)NCCNc2ccc([N+](=O)[O-])cn2)=C[C@@H](c2csc3ccccc23)[C@H]1CCCO. The Balaban J connectivity index is 1.48. The number of thiophene rings is 1. The number of anilines is 1. The van der Waals surface area contributed by atoms with Gasteiger partial charge >= 0.3 is 0 Å². The predicted octanol–water partition coefficient (Wildman–Crippen LogP) is 4.18. The number of hydrogen-bond acceptors (Lipinski definition) is 9. The van der Waals surface area contributed by atoms with Crippen molar-refractivity contribution in [3.63, 3.8) is 0 Å². The van der Waals surface area contributed by atoms with Crippen LogP contribution in [0, 0.1) is 16.0 Å². The zero-order valence-corrected chi connectivity index (χ0v) is 21.3. The van der Waals surface area contributed by atoms with E-state index in [-0.39, 0.29) is 42.3 Å². The van der Waals surface area contributed by atoms with E-state index in [0.717, 1.165) is 10.9 Å². The fourth-order valence-corrected chi connectivity index (χ4v) is 5.44. The Labute approximate surface area is 218 Å². The van der Waals surface area contributed by atoms with E-state index in [1.807, 2.05) is 25.1 Å². The average Bonchev–Trinajstić information content (AvgIpc) is 3.34. The maximum absolute atomic E-state index is 13.1. The van der Waals surface area contributed by atoms with Gasteiger partial charge in [0.05, 0.1) is 4.92 Å². The zero-order valence-electron chi connectivity index (χ0n) is 20.5. The van der Waals surface area contributed by atoms with Crippen molar-refractivity contribution in [1.29, 1.82) is 0 Å². The van der Waals surface area contributed by atoms with Crippen molar-refractivity contribution in [2.75, 3.05) is 31.6 Å². The standard InChI is InChI=1S/C26H30N4O6S/c1-2-35-26-19(7-5-13-31)20(21-16-37-23-8-4-3-6-18(21)23)14-22(36-26)25(32)28-12-11-27-24-10-9-17(15-29-24)30(33)34/h3-4,6,8-10,14-16,19-20,26,31H,2,5,7,11-13H2,1H3,(H,27,29)(H,28,32)/t19-,20-,26+/m1/s1. The number of benzene rings is 1. The highest BCUT2D eigenvalue weighted by atomic mass is 32.1. The van der Waals surface area contributed by atoms with Crippen LogP contribution in [0.25, 0.3) is 10.1 Å². The number of aliphatic hydroxyl groups excluding tert-OH is 1. The molecule has 0 bridgehead atoms. The number of allylic oxidation sites excluding steroid dienone is 1. The predicted molar refractivity (Wildman–Crippen MR) is 141 cm³/mol. The smallest absolute Gasteiger partial charge is 0.287 e. The van der Waals surface area contributed by atoms with Gasteiger partial charge in [0, 0.05) is 48.9 Å². The minimum absolute atomic E-state index is 0.0588. The van der Waals surface area contributed by atoms with Crippen molar-refractivity contribution < 1.29 is 24.3 Å². The molecule has 3 heterocycles. The fourth-order valence-electron chi connectivity index (χ4n) is 4.43. The van der Waals surface area contributed by atoms with E-state index in [1.165, 1.54) is 23.0 Å². The van der Waals surface area contributed by atoms with Crippen LogP contribution in [0.4, 0.5) is 11.5 Å². The van der Waals surface area contributed by atoms with Crippen LogP contribution in [0.5, 0.6) is 0 Å². The van der Waals surface area contributed by atoms with Crippen molar-refractivity contribution in [3.05, 3.63) is 75.5 Å². The van der Waals surface area contributed by atoms with Crippen LogP contribution in [-0.2, 0) is 14.3 Å². The van der Waals surface area contributed by atoms with Crippen LogP contribution in [-0.4, -0.2) is 53.5 Å². The first kappa shape index (κ1) is 26.5. The van der Waals surface area contributed by atoms with E-state index in [1.54, 1.807) is 11.3 Å². The third-order valence-corrected chi connectivity index (χ3v) is 7.16. The van der Waals surface area contributed by atoms with Gasteiger partial charge in [-0.05, 0) is 54.3 Å². The highest BCUT2D eigenvalue weighted by molar-refractivity contribution is 7.17. The lowest BCUT2D eigenvalue weighted by atomic mass is 9.80. The minimum atomic E-state index is -0.617. The average molecular weight is 527 g/mol. The number of rotatable bonds is 12. The molecule has 0 fully saturated rings. The summed E-state index contributed by atoms with van der Waals surface area (Å²) in [5, 5.41) is 29.4. The molecule has 10 nitrogen and oxygen atoms in total. The van der Waals surface area contributed by atoms with E-state index < -0.39 is 11.2 Å². The molecule has 1 amide bonds. The monoisotopic (exact) mass is 526 g/mol. The lowest BCUT2D eigenvalue weighted by molar-refractivity contribution is -0.385. The Morgan fingerprint density at radius 2 is 2.11 bits per heavy atom. The molecule has 1 aliphatic heterocycles. The second-order valence-corrected chi connectivity index (χ2v) is 9.47. The molecule has 2 aromatic heterocycles. The van der Waals surface area contributed by atoms with Gasteiger partial charge < -0.3 is 25.2 Å². The Bertz CT molecular complexity index is 1250. The number of nitrogens with zero attached hydrogens (tertiary/aromatic N) is 2. The highest BCUT2D eigenvalue weighted by Crippen LogP contribution is 2.43. The Morgan fingerprint density at radius 3 is 2.84 bits per heavy atom. The Hall–Kier alpha value is -3.54. The number of pyridine rings is 1. The van der Waals surface area contributed by atoms with Gasteiger partial charge in [-0.15, -0.1) is 11.3 Å². The van der Waals surface area contributed by atoms with Crippen LogP contribution >= 0.6 is 11.3 Å². The van der Waals surface area contributed by atoms with Crippen molar-refractivity contribution in [2.24, 2.45) is 5.92 Å². The topological polar surface area (TPSA) is 136 Å². The van der Waals surface area contributed by atoms with Crippen LogP contribution in [0.1, 0.15) is 31.2 Å². The lowest BCUT2D eigenvalue weighted by Gasteiger charge is -2.36. The van der Waals surface area contributed by atoms with E-state index >= 15 is 0 Å². The normalized spacial score (nSPS) is 19.2. The van der Waals surface area contributed by atoms with Crippen molar-refractivity contribution >= 4 is 38.8 Å². The molecule has 0 radical (unpaired) electrons. The number of aliphatic hydroxyl groups is 1. The molecule has 0 saturated heterocycles. The second kappa shape index (κ2) is 12.6. The molecule has 11 heteroatoms. The van der Waals surface area contributed by atoms with Gasteiger partial charge in [0.25, 0.3) is 11.6 Å². The second-order valence-electron chi connectivity index (χ2n) is 8.56. The molecule has 0 spiro atoms. The number of nitro groups is 1. The largest absolute Gasteiger partial charge is 0.459 e. The zero-order chi connectivity index (χ0) is 26.2. The van der Waals surface area contributed by atoms with Gasteiger partial charge in [0.2, 0.25) is 6.29 Å². The van der Waals surface area contributed by atoms with Gasteiger partial charge in [-0.1, -0.05) is 18.2 Å². The summed E-state index contributed by atoms with van der Waals surface area (Å²) in [6, 6.07) is 11.1. The summed E-state index contributed by atoms with van der Waals surface area (Å²) < 4.78 is 13.1. The van der Waals surface area contributed by atoms with Crippen LogP contribution in [0.2, 0.25) is 0 Å². The van der Waals surface area contributed by atoms with E-state index in [0.29, 0.717) is 31.8 Å².